The normalized spacial score (nSPS) is 15.5. The van der Waals surface area contributed by atoms with Crippen molar-refractivity contribution in [3.63, 3.8) is 0 Å². The molecule has 0 atom stereocenters. The molecule has 1 fully saturated rings. The van der Waals surface area contributed by atoms with E-state index >= 15 is 0 Å². The molecule has 2 aromatic carbocycles. The Morgan fingerprint density at radius 2 is 1.76 bits per heavy atom. The molecular weight excluding hydrogens is 410 g/mol. The van der Waals surface area contributed by atoms with Gasteiger partial charge in [0, 0.05) is 50.0 Å². The van der Waals surface area contributed by atoms with E-state index in [0.29, 0.717) is 25.4 Å². The Labute approximate surface area is 178 Å². The van der Waals surface area contributed by atoms with Gasteiger partial charge in [-0.3, -0.25) is 4.90 Å². The Morgan fingerprint density at radius 1 is 1.07 bits per heavy atom. The highest BCUT2D eigenvalue weighted by molar-refractivity contribution is 7.89. The summed E-state index contributed by atoms with van der Waals surface area (Å²) in [5.74, 6) is 0.391. The van der Waals surface area contributed by atoms with E-state index in [4.69, 9.17) is 16.3 Å². The smallest absolute Gasteiger partial charge is 0.244 e. The molecule has 29 heavy (non-hydrogen) atoms. The van der Waals surface area contributed by atoms with E-state index in [0.717, 1.165) is 42.5 Å². The third-order valence-electron chi connectivity index (χ3n) is 4.97. The highest BCUT2D eigenvalue weighted by Crippen LogP contribution is 2.25. The zero-order valence-electron chi connectivity index (χ0n) is 16.9. The lowest BCUT2D eigenvalue weighted by Gasteiger charge is -2.36. The summed E-state index contributed by atoms with van der Waals surface area (Å²) in [7, 11) is -3.62. The number of rotatable bonds is 8. The second kappa shape index (κ2) is 9.80. The number of piperazine rings is 1. The monoisotopic (exact) mass is 437 g/mol. The van der Waals surface area contributed by atoms with E-state index in [2.05, 4.69) is 14.5 Å². The molecule has 3 rings (SSSR count). The van der Waals surface area contributed by atoms with Gasteiger partial charge >= 0.3 is 0 Å². The Bertz CT molecular complexity index is 911. The van der Waals surface area contributed by atoms with E-state index in [1.807, 2.05) is 44.2 Å². The van der Waals surface area contributed by atoms with Crippen LogP contribution in [0.15, 0.2) is 47.4 Å². The molecule has 0 bridgehead atoms. The summed E-state index contributed by atoms with van der Waals surface area (Å²) in [6, 6.07) is 13.1. The fourth-order valence-electron chi connectivity index (χ4n) is 3.40. The highest BCUT2D eigenvalue weighted by Gasteiger charge is 2.21. The summed E-state index contributed by atoms with van der Waals surface area (Å²) in [4.78, 5) is 4.79. The maximum absolute atomic E-state index is 12.8. The number of halogens is 1. The molecule has 1 saturated heterocycles. The van der Waals surface area contributed by atoms with Crippen molar-refractivity contribution in [2.75, 3.05) is 50.8 Å². The minimum atomic E-state index is -3.62. The van der Waals surface area contributed by atoms with Crippen molar-refractivity contribution in [1.29, 1.82) is 0 Å². The Morgan fingerprint density at radius 3 is 2.41 bits per heavy atom. The van der Waals surface area contributed by atoms with Gasteiger partial charge in [-0.25, -0.2) is 13.1 Å². The number of sulfonamides is 1. The Balaban J connectivity index is 1.51. The molecule has 2 aromatic rings. The SMILES string of the molecule is CCOc1ccc(C)cc1S(=O)(=O)NCCN1CCN(c2ccc(Cl)cc2)CC1. The van der Waals surface area contributed by atoms with Crippen LogP contribution in [0.2, 0.25) is 5.02 Å². The lowest BCUT2D eigenvalue weighted by Crippen LogP contribution is -2.48. The van der Waals surface area contributed by atoms with Crippen LogP contribution in [-0.4, -0.2) is 59.2 Å². The molecule has 0 aromatic heterocycles. The van der Waals surface area contributed by atoms with Crippen molar-refractivity contribution in [1.82, 2.24) is 9.62 Å². The first-order chi connectivity index (χ1) is 13.9. The minimum absolute atomic E-state index is 0.201. The van der Waals surface area contributed by atoms with Crippen LogP contribution in [-0.2, 0) is 10.0 Å². The third kappa shape index (κ3) is 5.85. The molecule has 6 nitrogen and oxygen atoms in total. The molecule has 158 valence electrons. The molecule has 0 saturated carbocycles. The number of hydrogen-bond acceptors (Lipinski definition) is 5. The summed E-state index contributed by atoms with van der Waals surface area (Å²) < 4.78 is 33.7. The van der Waals surface area contributed by atoms with Crippen molar-refractivity contribution < 1.29 is 13.2 Å². The van der Waals surface area contributed by atoms with Crippen LogP contribution in [0, 0.1) is 6.92 Å². The summed E-state index contributed by atoms with van der Waals surface area (Å²) in [6.45, 7) is 8.75. The van der Waals surface area contributed by atoms with E-state index in [1.54, 1.807) is 12.1 Å². The predicted molar refractivity (Wildman–Crippen MR) is 118 cm³/mol. The molecule has 0 spiro atoms. The van der Waals surface area contributed by atoms with Crippen molar-refractivity contribution >= 4 is 27.3 Å². The van der Waals surface area contributed by atoms with E-state index < -0.39 is 10.0 Å². The zero-order valence-corrected chi connectivity index (χ0v) is 18.5. The summed E-state index contributed by atoms with van der Waals surface area (Å²) >= 11 is 5.96. The molecule has 1 aliphatic heterocycles. The topological polar surface area (TPSA) is 61.9 Å². The average molecular weight is 438 g/mol. The fourth-order valence-corrected chi connectivity index (χ4v) is 4.77. The van der Waals surface area contributed by atoms with E-state index in [1.165, 1.54) is 0 Å². The first-order valence-corrected chi connectivity index (χ1v) is 11.7. The Kier molecular flexibility index (Phi) is 7.40. The second-order valence-corrected chi connectivity index (χ2v) is 9.26. The Hall–Kier alpha value is -1.80. The number of nitrogens with one attached hydrogen (secondary N) is 1. The summed E-state index contributed by atoms with van der Waals surface area (Å²) in [5, 5.41) is 0.737. The summed E-state index contributed by atoms with van der Waals surface area (Å²) in [5.41, 5.74) is 2.05. The number of anilines is 1. The van der Waals surface area contributed by atoms with E-state index in [-0.39, 0.29) is 4.90 Å². The lowest BCUT2D eigenvalue weighted by atomic mass is 10.2. The van der Waals surface area contributed by atoms with Crippen molar-refractivity contribution in [3.05, 3.63) is 53.1 Å². The minimum Gasteiger partial charge on any atom is -0.492 e. The standard InChI is InChI=1S/C21H28ClN3O3S/c1-3-28-20-9-4-17(2)16-21(20)29(26,27)23-10-11-24-12-14-25(15-13-24)19-7-5-18(22)6-8-19/h4-9,16,23H,3,10-15H2,1-2H3. The van der Waals surface area contributed by atoms with Gasteiger partial charge < -0.3 is 9.64 Å². The van der Waals surface area contributed by atoms with Gasteiger partial charge in [0.05, 0.1) is 6.61 Å². The van der Waals surface area contributed by atoms with Gasteiger partial charge in [0.25, 0.3) is 0 Å². The van der Waals surface area contributed by atoms with Gasteiger partial charge in [0.15, 0.2) is 0 Å². The van der Waals surface area contributed by atoms with Crippen molar-refractivity contribution in [2.24, 2.45) is 0 Å². The third-order valence-corrected chi connectivity index (χ3v) is 6.71. The first-order valence-electron chi connectivity index (χ1n) is 9.85. The van der Waals surface area contributed by atoms with Crippen molar-refractivity contribution in [3.8, 4) is 5.75 Å². The van der Waals surface area contributed by atoms with Gasteiger partial charge in [0.2, 0.25) is 10.0 Å². The fraction of sp³-hybridized carbons (Fsp3) is 0.429. The molecule has 0 radical (unpaired) electrons. The van der Waals surface area contributed by atoms with E-state index in [9.17, 15) is 8.42 Å². The molecule has 1 N–H and O–H groups in total. The predicted octanol–water partition coefficient (Wildman–Crippen LogP) is 3.15. The van der Waals surface area contributed by atoms with Crippen LogP contribution in [0.1, 0.15) is 12.5 Å². The van der Waals surface area contributed by atoms with Gasteiger partial charge in [-0.05, 0) is 55.8 Å². The largest absolute Gasteiger partial charge is 0.492 e. The van der Waals surface area contributed by atoms with Gasteiger partial charge in [-0.2, -0.15) is 0 Å². The number of benzene rings is 2. The molecule has 1 heterocycles. The van der Waals surface area contributed by atoms with Gasteiger partial charge in [0.1, 0.15) is 10.6 Å². The zero-order chi connectivity index (χ0) is 20.9. The summed E-state index contributed by atoms with van der Waals surface area (Å²) in [6.07, 6.45) is 0. The molecule has 1 aliphatic rings. The number of aryl methyl sites for hydroxylation is 1. The van der Waals surface area contributed by atoms with Crippen LogP contribution < -0.4 is 14.4 Å². The van der Waals surface area contributed by atoms with Crippen LogP contribution in [0.5, 0.6) is 5.75 Å². The van der Waals surface area contributed by atoms with Crippen LogP contribution in [0.3, 0.4) is 0 Å². The molecular formula is C21H28ClN3O3S. The lowest BCUT2D eigenvalue weighted by molar-refractivity contribution is 0.262. The molecule has 0 amide bonds. The van der Waals surface area contributed by atoms with Crippen molar-refractivity contribution in [2.45, 2.75) is 18.7 Å². The quantitative estimate of drug-likeness (QED) is 0.687. The molecule has 0 aliphatic carbocycles. The maximum atomic E-state index is 12.8. The van der Waals surface area contributed by atoms with Gasteiger partial charge in [-0.15, -0.1) is 0 Å². The second-order valence-electron chi connectivity index (χ2n) is 7.09. The number of nitrogens with zero attached hydrogens (tertiary/aromatic N) is 2. The maximum Gasteiger partial charge on any atom is 0.244 e. The highest BCUT2D eigenvalue weighted by atomic mass is 35.5. The number of ether oxygens (including phenoxy) is 1. The average Bonchev–Trinajstić information content (AvgIpc) is 2.70. The first kappa shape index (κ1) is 21.9. The van der Waals surface area contributed by atoms with Gasteiger partial charge in [-0.1, -0.05) is 17.7 Å². The number of hydrogen-bond donors (Lipinski definition) is 1. The molecule has 0 unspecified atom stereocenters. The van der Waals surface area contributed by atoms with Crippen LogP contribution in [0.4, 0.5) is 5.69 Å². The van der Waals surface area contributed by atoms with Crippen LogP contribution in [0.25, 0.3) is 0 Å². The molecule has 8 heteroatoms. The van der Waals surface area contributed by atoms with Crippen LogP contribution >= 0.6 is 11.6 Å².